The quantitative estimate of drug-likeness (QED) is 0.583. The summed E-state index contributed by atoms with van der Waals surface area (Å²) in [5.74, 6) is 0.272. The van der Waals surface area contributed by atoms with E-state index in [0.717, 1.165) is 31.5 Å². The number of anilines is 1. The maximum absolute atomic E-state index is 12.8. The molecule has 2 saturated heterocycles. The number of sulfonamides is 1. The molecule has 0 aliphatic carbocycles. The summed E-state index contributed by atoms with van der Waals surface area (Å²) in [5, 5.41) is 0.431. The van der Waals surface area contributed by atoms with Gasteiger partial charge in [-0.2, -0.15) is 0 Å². The Hall–Kier alpha value is -2.29. The highest BCUT2D eigenvalue weighted by atomic mass is 35.5. The van der Waals surface area contributed by atoms with E-state index in [2.05, 4.69) is 4.72 Å². The van der Waals surface area contributed by atoms with Crippen molar-refractivity contribution in [1.82, 2.24) is 9.80 Å². The van der Waals surface area contributed by atoms with Crippen molar-refractivity contribution in [2.75, 3.05) is 30.9 Å². The monoisotopic (exact) mass is 537 g/mol. The van der Waals surface area contributed by atoms with Crippen molar-refractivity contribution >= 4 is 50.7 Å². The molecule has 35 heavy (non-hydrogen) atoms. The summed E-state index contributed by atoms with van der Waals surface area (Å²) in [6.07, 6.45) is 5.00. The van der Waals surface area contributed by atoms with Gasteiger partial charge in [0.2, 0.25) is 11.8 Å². The second-order valence-corrected chi connectivity index (χ2v) is 11.6. The highest BCUT2D eigenvalue weighted by molar-refractivity contribution is 7.92. The molecular weight excluding hydrogens is 509 g/mol. The lowest BCUT2D eigenvalue weighted by atomic mass is 9.94. The minimum atomic E-state index is -3.83. The summed E-state index contributed by atoms with van der Waals surface area (Å²) in [6.45, 7) is 2.89. The topological polar surface area (TPSA) is 86.8 Å². The van der Waals surface area contributed by atoms with Crippen LogP contribution in [-0.4, -0.2) is 56.2 Å². The number of piperidine rings is 2. The molecule has 0 spiro atoms. The molecule has 0 aromatic heterocycles. The van der Waals surface area contributed by atoms with Crippen LogP contribution in [0.15, 0.2) is 47.4 Å². The Bertz CT molecular complexity index is 1170. The van der Waals surface area contributed by atoms with Crippen LogP contribution in [0.4, 0.5) is 5.69 Å². The predicted molar refractivity (Wildman–Crippen MR) is 137 cm³/mol. The first-order valence-corrected chi connectivity index (χ1v) is 14.1. The Morgan fingerprint density at radius 1 is 0.857 bits per heavy atom. The molecule has 2 amide bonds. The molecule has 2 aromatic carbocycles. The van der Waals surface area contributed by atoms with Crippen LogP contribution in [0.1, 0.15) is 37.7 Å². The van der Waals surface area contributed by atoms with E-state index in [0.29, 0.717) is 31.6 Å². The average Bonchev–Trinajstić information content (AvgIpc) is 2.87. The van der Waals surface area contributed by atoms with Gasteiger partial charge in [-0.25, -0.2) is 8.42 Å². The minimum absolute atomic E-state index is 0.00771. The van der Waals surface area contributed by atoms with E-state index >= 15 is 0 Å². The van der Waals surface area contributed by atoms with E-state index in [4.69, 9.17) is 23.2 Å². The van der Waals surface area contributed by atoms with Crippen molar-refractivity contribution in [3.05, 3.63) is 58.1 Å². The van der Waals surface area contributed by atoms with E-state index in [1.165, 1.54) is 24.6 Å². The van der Waals surface area contributed by atoms with Crippen molar-refractivity contribution in [2.45, 2.75) is 43.4 Å². The lowest BCUT2D eigenvalue weighted by molar-refractivity contribution is -0.141. The number of benzene rings is 2. The molecule has 0 saturated carbocycles. The Labute approximate surface area is 216 Å². The van der Waals surface area contributed by atoms with Crippen LogP contribution >= 0.6 is 23.2 Å². The van der Waals surface area contributed by atoms with Gasteiger partial charge in [0, 0.05) is 37.8 Å². The molecule has 0 unspecified atom stereocenters. The first-order chi connectivity index (χ1) is 16.7. The highest BCUT2D eigenvalue weighted by Gasteiger charge is 2.30. The second-order valence-electron chi connectivity index (χ2n) is 9.10. The number of likely N-dealkylation sites (tertiary alicyclic amines) is 2. The van der Waals surface area contributed by atoms with E-state index in [1.807, 2.05) is 9.80 Å². The third-order valence-corrected chi connectivity index (χ3v) is 8.75. The molecule has 4 rings (SSSR count). The fraction of sp³-hybridized carbons (Fsp3) is 0.440. The van der Waals surface area contributed by atoms with Gasteiger partial charge in [-0.15, -0.1) is 0 Å². The molecule has 2 heterocycles. The molecule has 188 valence electrons. The number of amides is 2. The lowest BCUT2D eigenvalue weighted by Crippen LogP contribution is -2.46. The zero-order valence-electron chi connectivity index (χ0n) is 19.4. The summed E-state index contributed by atoms with van der Waals surface area (Å²) >= 11 is 11.8. The van der Waals surface area contributed by atoms with Crippen molar-refractivity contribution in [1.29, 1.82) is 0 Å². The van der Waals surface area contributed by atoms with Crippen LogP contribution in [0.3, 0.4) is 0 Å². The van der Waals surface area contributed by atoms with Crippen LogP contribution in [0.5, 0.6) is 0 Å². The highest BCUT2D eigenvalue weighted by Crippen LogP contribution is 2.26. The Morgan fingerprint density at radius 3 is 2.14 bits per heavy atom. The third-order valence-electron chi connectivity index (χ3n) is 6.63. The molecule has 10 heteroatoms. The zero-order chi connectivity index (χ0) is 25.0. The Morgan fingerprint density at radius 2 is 1.51 bits per heavy atom. The van der Waals surface area contributed by atoms with Crippen molar-refractivity contribution in [3.8, 4) is 0 Å². The van der Waals surface area contributed by atoms with Gasteiger partial charge in [-0.1, -0.05) is 35.3 Å². The summed E-state index contributed by atoms with van der Waals surface area (Å²) in [5.41, 5.74) is 1.17. The van der Waals surface area contributed by atoms with E-state index in [9.17, 15) is 18.0 Å². The molecule has 2 aliphatic rings. The molecule has 2 aromatic rings. The van der Waals surface area contributed by atoms with E-state index in [-0.39, 0.29) is 39.1 Å². The number of hydrogen-bond donors (Lipinski definition) is 1. The Balaban J connectivity index is 1.29. The van der Waals surface area contributed by atoms with Gasteiger partial charge >= 0.3 is 0 Å². The number of hydrogen-bond acceptors (Lipinski definition) is 4. The molecular formula is C25H29Cl2N3O4S. The number of halogens is 2. The van der Waals surface area contributed by atoms with Crippen LogP contribution in [0.25, 0.3) is 0 Å². The average molecular weight is 538 g/mol. The van der Waals surface area contributed by atoms with E-state index < -0.39 is 10.0 Å². The lowest BCUT2D eigenvalue weighted by Gasteiger charge is -2.35. The summed E-state index contributed by atoms with van der Waals surface area (Å²) < 4.78 is 27.7. The molecule has 2 aliphatic heterocycles. The SMILES string of the molecule is O=C(Cc1ccc(NS(=O)(=O)c2ccc(Cl)c(Cl)c2)cc1)N1CCC(C(=O)N2CCCCC2)CC1. The standard InChI is InChI=1S/C25H29Cl2N3O4S/c26-22-9-8-21(17-23(22)27)35(33,34)28-20-6-4-18(5-7-20)16-24(31)29-14-10-19(11-15-29)25(32)30-12-2-1-3-13-30/h4-9,17,19,28H,1-3,10-16H2. The number of rotatable bonds is 6. The Kier molecular flexibility index (Phi) is 8.24. The molecule has 2 fully saturated rings. The van der Waals surface area contributed by atoms with Gasteiger partial charge in [0.15, 0.2) is 0 Å². The van der Waals surface area contributed by atoms with Crippen molar-refractivity contribution < 1.29 is 18.0 Å². The zero-order valence-corrected chi connectivity index (χ0v) is 21.7. The molecule has 1 N–H and O–H groups in total. The number of carbonyl (C=O) groups excluding carboxylic acids is 2. The summed E-state index contributed by atoms with van der Waals surface area (Å²) in [7, 11) is -3.83. The summed E-state index contributed by atoms with van der Waals surface area (Å²) in [6, 6.07) is 10.8. The van der Waals surface area contributed by atoms with Gasteiger partial charge in [0.05, 0.1) is 21.4 Å². The van der Waals surface area contributed by atoms with Gasteiger partial charge in [-0.3, -0.25) is 14.3 Å². The first kappa shape index (κ1) is 25.8. The summed E-state index contributed by atoms with van der Waals surface area (Å²) in [4.78, 5) is 29.4. The smallest absolute Gasteiger partial charge is 0.261 e. The number of nitrogens with zero attached hydrogens (tertiary/aromatic N) is 2. The third kappa shape index (κ3) is 6.48. The normalized spacial score (nSPS) is 17.3. The van der Waals surface area contributed by atoms with Crippen LogP contribution in [-0.2, 0) is 26.0 Å². The first-order valence-electron chi connectivity index (χ1n) is 11.9. The maximum Gasteiger partial charge on any atom is 0.261 e. The van der Waals surface area contributed by atoms with Crippen molar-refractivity contribution in [3.63, 3.8) is 0 Å². The van der Waals surface area contributed by atoms with Gasteiger partial charge in [0.25, 0.3) is 10.0 Å². The van der Waals surface area contributed by atoms with E-state index in [1.54, 1.807) is 24.3 Å². The predicted octanol–water partition coefficient (Wildman–Crippen LogP) is 4.59. The van der Waals surface area contributed by atoms with Gasteiger partial charge in [0.1, 0.15) is 0 Å². The van der Waals surface area contributed by atoms with Crippen molar-refractivity contribution in [2.24, 2.45) is 5.92 Å². The maximum atomic E-state index is 12.8. The van der Waals surface area contributed by atoms with Gasteiger partial charge < -0.3 is 9.80 Å². The molecule has 0 atom stereocenters. The molecule has 7 nitrogen and oxygen atoms in total. The minimum Gasteiger partial charge on any atom is -0.342 e. The number of nitrogens with one attached hydrogen (secondary N) is 1. The second kappa shape index (κ2) is 11.2. The number of carbonyl (C=O) groups is 2. The molecule has 0 radical (unpaired) electrons. The van der Waals surface area contributed by atoms with Crippen LogP contribution < -0.4 is 4.72 Å². The van der Waals surface area contributed by atoms with Gasteiger partial charge in [-0.05, 0) is 68.0 Å². The fourth-order valence-electron chi connectivity index (χ4n) is 4.58. The molecule has 0 bridgehead atoms. The largest absolute Gasteiger partial charge is 0.342 e. The van der Waals surface area contributed by atoms with Crippen LogP contribution in [0, 0.1) is 5.92 Å². The fourth-order valence-corrected chi connectivity index (χ4v) is 6.03. The van der Waals surface area contributed by atoms with Crippen LogP contribution in [0.2, 0.25) is 10.0 Å².